The van der Waals surface area contributed by atoms with Gasteiger partial charge in [0.05, 0.1) is 0 Å². The first-order valence-electron chi connectivity index (χ1n) is 10.3. The second-order valence-electron chi connectivity index (χ2n) is 9.71. The first-order valence-corrected chi connectivity index (χ1v) is 10.3. The van der Waals surface area contributed by atoms with Gasteiger partial charge in [0.15, 0.2) is 0 Å². The second-order valence-corrected chi connectivity index (χ2v) is 9.71. The minimum absolute atomic E-state index is 0.0609. The third-order valence-electron chi connectivity index (χ3n) is 8.33. The van der Waals surface area contributed by atoms with Gasteiger partial charge in [0.1, 0.15) is 11.9 Å². The van der Waals surface area contributed by atoms with Gasteiger partial charge in [0.25, 0.3) is 0 Å². The molecule has 1 N–H and O–H groups in total. The third kappa shape index (κ3) is 2.68. The van der Waals surface area contributed by atoms with Gasteiger partial charge in [0.2, 0.25) is 5.91 Å². The summed E-state index contributed by atoms with van der Waals surface area (Å²) in [5.41, 5.74) is 0.737. The fourth-order valence-corrected chi connectivity index (χ4v) is 7.28. The van der Waals surface area contributed by atoms with E-state index < -0.39 is 0 Å². The number of allylic oxidation sites excluding steroid dienone is 2. The molecular weight excluding hydrogens is 342 g/mol. The van der Waals surface area contributed by atoms with Crippen molar-refractivity contribution in [2.45, 2.75) is 72.3 Å². The molecule has 0 aromatic heterocycles. The molecule has 3 fully saturated rings. The van der Waals surface area contributed by atoms with Crippen LogP contribution in [0.5, 0.6) is 0 Å². The van der Waals surface area contributed by atoms with Crippen LogP contribution in [0.15, 0.2) is 11.8 Å². The average molecular weight is 373 g/mol. The van der Waals surface area contributed by atoms with E-state index in [2.05, 4.69) is 25.2 Å². The smallest absolute Gasteiger partial charge is 0.302 e. The quantitative estimate of drug-likeness (QED) is 0.753. The van der Waals surface area contributed by atoms with Gasteiger partial charge in [-0.3, -0.25) is 14.4 Å². The Labute approximate surface area is 161 Å². The van der Waals surface area contributed by atoms with E-state index in [1.165, 1.54) is 6.92 Å². The highest BCUT2D eigenvalue weighted by Gasteiger charge is 2.63. The number of rotatable bonds is 2. The largest absolute Gasteiger partial charge is 0.462 e. The zero-order chi connectivity index (χ0) is 19.6. The average Bonchev–Trinajstić information content (AvgIpc) is 2.91. The first kappa shape index (κ1) is 18.7. The molecule has 5 nitrogen and oxygen atoms in total. The van der Waals surface area contributed by atoms with Gasteiger partial charge < -0.3 is 10.1 Å². The SMILES string of the molecule is CC(=O)O[C@@H]1C[C@]2(C)[C@@H](C(C)=O)CC[C@H]2[C@@H]2CC=C3NC(=O)CC[C@]3(C)[C@H]21. The van der Waals surface area contributed by atoms with Crippen LogP contribution < -0.4 is 5.32 Å². The Morgan fingerprint density at radius 3 is 2.63 bits per heavy atom. The Kier molecular flexibility index (Phi) is 4.28. The van der Waals surface area contributed by atoms with E-state index in [4.69, 9.17) is 4.74 Å². The normalized spacial score (nSPS) is 45.7. The van der Waals surface area contributed by atoms with Gasteiger partial charge in [-0.1, -0.05) is 19.9 Å². The molecular formula is C22H31NO4. The molecule has 1 amide bonds. The number of esters is 1. The van der Waals surface area contributed by atoms with Crippen molar-refractivity contribution in [1.82, 2.24) is 5.32 Å². The van der Waals surface area contributed by atoms with Crippen molar-refractivity contribution in [1.29, 1.82) is 0 Å². The number of hydrogen-bond donors (Lipinski definition) is 1. The summed E-state index contributed by atoms with van der Waals surface area (Å²) in [5.74, 6) is 1.22. The summed E-state index contributed by atoms with van der Waals surface area (Å²) in [7, 11) is 0. The predicted molar refractivity (Wildman–Crippen MR) is 100 cm³/mol. The molecule has 0 spiro atoms. The van der Waals surface area contributed by atoms with Crippen LogP contribution in [0.3, 0.4) is 0 Å². The summed E-state index contributed by atoms with van der Waals surface area (Å²) >= 11 is 0. The third-order valence-corrected chi connectivity index (χ3v) is 8.33. The highest BCUT2D eigenvalue weighted by Crippen LogP contribution is 2.65. The molecule has 2 saturated carbocycles. The summed E-state index contributed by atoms with van der Waals surface area (Å²) in [6, 6.07) is 0. The fraction of sp³-hybridized carbons (Fsp3) is 0.773. The van der Waals surface area contributed by atoms with Crippen LogP contribution in [0.4, 0.5) is 0 Å². The number of hydrogen-bond acceptors (Lipinski definition) is 4. The molecule has 0 aromatic carbocycles. The van der Waals surface area contributed by atoms with Crippen LogP contribution in [0.25, 0.3) is 0 Å². The molecule has 4 aliphatic rings. The van der Waals surface area contributed by atoms with E-state index in [9.17, 15) is 14.4 Å². The molecule has 7 atom stereocenters. The summed E-state index contributed by atoms with van der Waals surface area (Å²) in [4.78, 5) is 36.3. The molecule has 1 heterocycles. The maximum absolute atomic E-state index is 12.4. The Bertz CT molecular complexity index is 728. The first-order chi connectivity index (χ1) is 12.7. The number of piperidine rings is 1. The van der Waals surface area contributed by atoms with E-state index >= 15 is 0 Å². The van der Waals surface area contributed by atoms with Gasteiger partial charge in [0, 0.05) is 36.3 Å². The summed E-state index contributed by atoms with van der Waals surface area (Å²) in [5, 5.41) is 3.09. The zero-order valence-corrected chi connectivity index (χ0v) is 16.8. The molecule has 0 bridgehead atoms. The number of carbonyl (C=O) groups is 3. The number of fused-ring (bicyclic) bond motifs is 5. The van der Waals surface area contributed by atoms with Crippen LogP contribution in [-0.4, -0.2) is 23.8 Å². The molecule has 1 aliphatic heterocycles. The van der Waals surface area contributed by atoms with Crippen molar-refractivity contribution in [2.24, 2.45) is 34.5 Å². The Morgan fingerprint density at radius 1 is 1.22 bits per heavy atom. The monoisotopic (exact) mass is 373 g/mol. The van der Waals surface area contributed by atoms with Crippen LogP contribution in [-0.2, 0) is 19.1 Å². The number of ketones is 1. The lowest BCUT2D eigenvalue weighted by atomic mass is 9.48. The van der Waals surface area contributed by atoms with E-state index in [1.54, 1.807) is 6.92 Å². The minimum Gasteiger partial charge on any atom is -0.462 e. The number of carbonyl (C=O) groups excluding carboxylic acids is 3. The molecule has 0 radical (unpaired) electrons. The highest BCUT2D eigenvalue weighted by atomic mass is 16.5. The minimum atomic E-state index is -0.252. The Balaban J connectivity index is 1.77. The lowest BCUT2D eigenvalue weighted by Crippen LogP contribution is -2.59. The molecule has 0 aromatic rings. The maximum atomic E-state index is 12.4. The summed E-state index contributed by atoms with van der Waals surface area (Å²) in [6.07, 6.45) is 6.97. The molecule has 1 saturated heterocycles. The number of Topliss-reactive ketones (excluding diaryl/α,β-unsaturated/α-hetero) is 1. The van der Waals surface area contributed by atoms with Crippen LogP contribution in [0.2, 0.25) is 0 Å². The van der Waals surface area contributed by atoms with Gasteiger partial charge in [-0.15, -0.1) is 0 Å². The van der Waals surface area contributed by atoms with Crippen molar-refractivity contribution in [2.75, 3.05) is 0 Å². The fourth-order valence-electron chi connectivity index (χ4n) is 7.28. The second kappa shape index (κ2) is 6.18. The lowest BCUT2D eigenvalue weighted by molar-refractivity contribution is -0.174. The van der Waals surface area contributed by atoms with Crippen molar-refractivity contribution in [3.63, 3.8) is 0 Å². The van der Waals surface area contributed by atoms with Crippen molar-refractivity contribution < 1.29 is 19.1 Å². The molecule has 3 aliphatic carbocycles. The van der Waals surface area contributed by atoms with Crippen LogP contribution >= 0.6 is 0 Å². The number of ether oxygens (including phenoxy) is 1. The zero-order valence-electron chi connectivity index (χ0n) is 16.8. The van der Waals surface area contributed by atoms with E-state index in [0.717, 1.165) is 37.8 Å². The molecule has 5 heteroatoms. The molecule has 0 unspecified atom stereocenters. The topological polar surface area (TPSA) is 72.5 Å². The molecule has 27 heavy (non-hydrogen) atoms. The summed E-state index contributed by atoms with van der Waals surface area (Å²) < 4.78 is 5.91. The molecule has 148 valence electrons. The van der Waals surface area contributed by atoms with Gasteiger partial charge >= 0.3 is 5.97 Å². The van der Waals surface area contributed by atoms with Gasteiger partial charge in [-0.05, 0) is 56.3 Å². The van der Waals surface area contributed by atoms with Crippen molar-refractivity contribution in [3.8, 4) is 0 Å². The number of amides is 1. The molecule has 4 rings (SSSR count). The van der Waals surface area contributed by atoms with Crippen molar-refractivity contribution in [3.05, 3.63) is 11.8 Å². The maximum Gasteiger partial charge on any atom is 0.302 e. The van der Waals surface area contributed by atoms with Crippen LogP contribution in [0.1, 0.15) is 66.2 Å². The van der Waals surface area contributed by atoms with Gasteiger partial charge in [-0.25, -0.2) is 0 Å². The van der Waals surface area contributed by atoms with Crippen molar-refractivity contribution >= 4 is 17.7 Å². The van der Waals surface area contributed by atoms with Gasteiger partial charge in [-0.2, -0.15) is 0 Å². The Morgan fingerprint density at radius 2 is 1.96 bits per heavy atom. The standard InChI is InChI=1S/C22H31NO4/c1-12(24)15-6-7-16-14-5-8-18-21(3,10-9-19(26)23-18)20(14)17(27-13(2)25)11-22(15,16)4/h8,14-17,20H,5-7,9-11H2,1-4H3,(H,23,26)/t14-,15+,16-,17+,20+,21-,22+/m0/s1. The lowest BCUT2D eigenvalue weighted by Gasteiger charge is -2.59. The summed E-state index contributed by atoms with van der Waals surface area (Å²) in [6.45, 7) is 7.66. The predicted octanol–water partition coefficient (Wildman–Crippen LogP) is 3.38. The van der Waals surface area contributed by atoms with Crippen LogP contribution in [0, 0.1) is 34.5 Å². The number of nitrogens with one attached hydrogen (secondary N) is 1. The highest BCUT2D eigenvalue weighted by molar-refractivity contribution is 5.80. The van der Waals surface area contributed by atoms with E-state index in [1.807, 2.05) is 0 Å². The Hall–Kier alpha value is -1.65. The van der Waals surface area contributed by atoms with E-state index in [-0.39, 0.29) is 46.4 Å². The van der Waals surface area contributed by atoms with E-state index in [0.29, 0.717) is 18.3 Å².